The van der Waals surface area contributed by atoms with Gasteiger partial charge in [0.1, 0.15) is 34.7 Å². The summed E-state index contributed by atoms with van der Waals surface area (Å²) >= 11 is 5.75. The summed E-state index contributed by atoms with van der Waals surface area (Å²) in [6.45, 7) is 5.76. The molecule has 0 bridgehead atoms. The lowest BCUT2D eigenvalue weighted by molar-refractivity contribution is -0.141. The van der Waals surface area contributed by atoms with E-state index in [-0.39, 0.29) is 113 Å². The number of ether oxygens (including phenoxy) is 2. The van der Waals surface area contributed by atoms with E-state index in [2.05, 4.69) is 40.5 Å². The Morgan fingerprint density at radius 3 is 1.32 bits per heavy atom. The van der Waals surface area contributed by atoms with Gasteiger partial charge in [-0.2, -0.15) is 0 Å². The number of β-amino-alcohol motifs (C(OH)–C–C–N with tert-alkyl or cyclic N) is 3. The van der Waals surface area contributed by atoms with E-state index in [1.54, 1.807) is 70.7 Å². The first-order chi connectivity index (χ1) is 45.2. The molecule has 0 spiro atoms. The highest BCUT2D eigenvalue weighted by atomic mass is 35.5. The number of benzene rings is 2. The molecule has 3 N–H and O–H groups in total. The number of amides is 3. The molecular weight excluding hydrogens is 1230 g/mol. The zero-order valence-electron chi connectivity index (χ0n) is 52.7. The predicted molar refractivity (Wildman–Crippen MR) is 336 cm³/mol. The third-order valence-electron chi connectivity index (χ3n) is 16.2. The van der Waals surface area contributed by atoms with Crippen molar-refractivity contribution in [3.05, 3.63) is 166 Å². The molecular formula is C67H74ClN11O15. The van der Waals surface area contributed by atoms with Crippen LogP contribution in [0.4, 0.5) is 0 Å². The van der Waals surface area contributed by atoms with Gasteiger partial charge >= 0.3 is 5.97 Å². The second-order valence-corrected chi connectivity index (χ2v) is 23.8. The minimum Gasteiger partial charge on any atom is -0.481 e. The fourth-order valence-corrected chi connectivity index (χ4v) is 11.5. The van der Waals surface area contributed by atoms with Crippen LogP contribution < -0.4 is 4.74 Å². The van der Waals surface area contributed by atoms with Gasteiger partial charge in [0.25, 0.3) is 0 Å². The van der Waals surface area contributed by atoms with Gasteiger partial charge in [-0.25, -0.2) is 14.6 Å². The Labute approximate surface area is 546 Å². The zero-order valence-corrected chi connectivity index (χ0v) is 53.5. The molecule has 27 heteroatoms. The average Bonchev–Trinajstić information content (AvgIpc) is 1.79. The Balaban J connectivity index is 0.000000168. The van der Waals surface area contributed by atoms with Crippen LogP contribution in [0.2, 0.25) is 5.15 Å². The van der Waals surface area contributed by atoms with Crippen LogP contribution in [0.15, 0.2) is 123 Å². The lowest BCUT2D eigenvalue weighted by Gasteiger charge is -2.23. The van der Waals surface area contributed by atoms with E-state index < -0.39 is 42.4 Å². The number of aromatic nitrogens is 8. The van der Waals surface area contributed by atoms with Crippen molar-refractivity contribution < 1.29 is 71.9 Å². The lowest BCUT2D eigenvalue weighted by atomic mass is 9.99. The van der Waals surface area contributed by atoms with Crippen LogP contribution in [0.1, 0.15) is 89.6 Å². The number of esters is 1. The summed E-state index contributed by atoms with van der Waals surface area (Å²) in [5.74, 6) is 0.548. The smallest absolute Gasteiger partial charge is 0.327 e. The largest absolute Gasteiger partial charge is 0.481 e. The summed E-state index contributed by atoms with van der Waals surface area (Å²) in [5, 5.41) is 49.9. The van der Waals surface area contributed by atoms with Gasteiger partial charge < -0.3 is 53.1 Å². The summed E-state index contributed by atoms with van der Waals surface area (Å²) in [7, 11) is 2.89. The van der Waals surface area contributed by atoms with Crippen molar-refractivity contribution in [2.75, 3.05) is 33.9 Å². The van der Waals surface area contributed by atoms with E-state index in [9.17, 15) is 48.9 Å². The maximum absolute atomic E-state index is 12.9. The second kappa shape index (κ2) is 32.3. The van der Waals surface area contributed by atoms with Gasteiger partial charge in [0.2, 0.25) is 23.6 Å². The first kappa shape index (κ1) is 68.7. The number of pyridine rings is 2. The normalized spacial score (nSPS) is 18.2. The highest BCUT2D eigenvalue weighted by Gasteiger charge is 2.41. The van der Waals surface area contributed by atoms with Crippen molar-refractivity contribution in [1.82, 2.24) is 55.1 Å². The molecule has 9 heterocycles. The number of ketones is 3. The molecule has 6 atom stereocenters. The number of rotatable bonds is 23. The van der Waals surface area contributed by atoms with Crippen molar-refractivity contribution in [2.24, 2.45) is 0 Å². The molecule has 8 aromatic rings. The van der Waals surface area contributed by atoms with Crippen molar-refractivity contribution in [3.8, 4) is 28.3 Å². The number of halogens is 1. The highest BCUT2D eigenvalue weighted by Crippen LogP contribution is 2.28. The quantitative estimate of drug-likeness (QED) is 0.0517. The monoisotopic (exact) mass is 1310 g/mol. The molecule has 494 valence electrons. The van der Waals surface area contributed by atoms with Gasteiger partial charge in [-0.05, 0) is 74.4 Å². The van der Waals surface area contributed by atoms with Crippen molar-refractivity contribution in [3.63, 3.8) is 0 Å². The minimum absolute atomic E-state index is 0.00303. The lowest BCUT2D eigenvalue weighted by Crippen LogP contribution is -2.41. The van der Waals surface area contributed by atoms with E-state index in [0.717, 1.165) is 33.4 Å². The molecule has 6 aromatic heterocycles. The fraction of sp³-hybridized carbons (Fsp3) is 0.403. The molecule has 3 amide bonds. The Kier molecular flexibility index (Phi) is 23.6. The van der Waals surface area contributed by atoms with E-state index in [1.165, 1.54) is 26.5 Å². The molecule has 3 fully saturated rings. The topological polar surface area (TPSA) is 343 Å². The summed E-state index contributed by atoms with van der Waals surface area (Å²) in [6.07, 6.45) is 6.15. The number of aliphatic hydroxyl groups is 3. The molecule has 3 saturated heterocycles. The van der Waals surface area contributed by atoms with E-state index >= 15 is 0 Å². The van der Waals surface area contributed by atoms with Gasteiger partial charge in [-0.15, -0.1) is 5.10 Å². The number of nitrogens with zero attached hydrogens (tertiary/aromatic N) is 11. The number of carbonyl (C=O) groups is 7. The Morgan fingerprint density at radius 1 is 0.532 bits per heavy atom. The van der Waals surface area contributed by atoms with Gasteiger partial charge in [0, 0.05) is 106 Å². The molecule has 3 aliphatic rings. The van der Waals surface area contributed by atoms with Crippen LogP contribution in [-0.4, -0.2) is 182 Å². The molecule has 0 radical (unpaired) electrons. The third kappa shape index (κ3) is 19.0. The van der Waals surface area contributed by atoms with Crippen LogP contribution in [0.3, 0.4) is 0 Å². The maximum atomic E-state index is 12.9. The summed E-state index contributed by atoms with van der Waals surface area (Å²) in [4.78, 5) is 100. The zero-order chi connectivity index (χ0) is 67.0. The van der Waals surface area contributed by atoms with Gasteiger partial charge in [-0.1, -0.05) is 86.9 Å². The molecule has 94 heavy (non-hydrogen) atoms. The predicted octanol–water partition coefficient (Wildman–Crippen LogP) is 5.62. The van der Waals surface area contributed by atoms with Crippen LogP contribution in [0, 0.1) is 20.8 Å². The Morgan fingerprint density at radius 2 is 0.947 bits per heavy atom. The van der Waals surface area contributed by atoms with Crippen LogP contribution in [-0.2, 0) is 83.4 Å². The average molecular weight is 1310 g/mol. The van der Waals surface area contributed by atoms with Gasteiger partial charge in [-0.3, -0.25) is 33.6 Å². The molecule has 0 aliphatic carbocycles. The number of methoxy groups -OCH3 is 2. The number of likely N-dealkylation sites (tertiary alicyclic amines) is 3. The molecule has 26 nitrogen and oxygen atoms in total. The first-order valence-electron chi connectivity index (χ1n) is 30.7. The van der Waals surface area contributed by atoms with Crippen LogP contribution >= 0.6 is 11.6 Å². The van der Waals surface area contributed by atoms with E-state index in [4.69, 9.17) is 29.9 Å². The molecule has 2 aromatic carbocycles. The number of aliphatic hydroxyl groups excluding tert-OH is 3. The second-order valence-electron chi connectivity index (χ2n) is 23.4. The molecule has 11 rings (SSSR count). The Hall–Kier alpha value is -9.63. The number of Topliss-reactive ketones (excluding diaryl/α,β-unsaturated/α-hetero) is 3. The summed E-state index contributed by atoms with van der Waals surface area (Å²) in [6, 6.07) is 26.0. The minimum atomic E-state index is -0.726. The maximum Gasteiger partial charge on any atom is 0.327 e. The fourth-order valence-electron chi connectivity index (χ4n) is 11.4. The molecule has 3 aliphatic heterocycles. The number of hydrogen-bond donors (Lipinski definition) is 3. The summed E-state index contributed by atoms with van der Waals surface area (Å²) in [5.41, 5.74) is 8.41. The molecule has 0 saturated carbocycles. The van der Waals surface area contributed by atoms with Crippen molar-refractivity contribution in [1.29, 1.82) is 0 Å². The van der Waals surface area contributed by atoms with E-state index in [1.807, 2.05) is 66.7 Å². The summed E-state index contributed by atoms with van der Waals surface area (Å²) < 4.78 is 26.4. The highest BCUT2D eigenvalue weighted by molar-refractivity contribution is 6.29. The van der Waals surface area contributed by atoms with Crippen LogP contribution in [0.25, 0.3) is 22.4 Å². The van der Waals surface area contributed by atoms with Gasteiger partial charge in [0.05, 0.1) is 93.2 Å². The Bertz CT molecular complexity index is 3890. The number of aryl methyl sites for hydroxylation is 6. The van der Waals surface area contributed by atoms with Gasteiger partial charge in [0.15, 0.2) is 17.3 Å². The van der Waals surface area contributed by atoms with E-state index in [0.29, 0.717) is 76.8 Å². The molecule has 0 unspecified atom stereocenters. The number of carbonyl (C=O) groups excluding carboxylic acids is 7. The first-order valence-corrected chi connectivity index (χ1v) is 31.1. The third-order valence-corrected chi connectivity index (χ3v) is 16.5. The van der Waals surface area contributed by atoms with Crippen LogP contribution in [0.5, 0.6) is 5.88 Å². The SMILES string of the molecule is COC(=O)Cn1cc(-c2ccc(CCC(=O)[C@@H]3C[C@@H](O)CN3C(=O)Cc3cc(C)no3)cc2)nn1.COc1ccc(-c2ccc(CCC(=O)[C@@H]3C[C@@H](O)CN3C(=O)Cc3cc(C)no3)cc2)cn1.Cc1cc(CC(=O)N2C[C@H](O)C[C@H]2C(=O)CCc2ccc(Cl)nc2)on1. The standard InChI is InChI=1S/C25H27N3O5.C24H27N5O6.C18H20ClN3O4/c1-16-11-21(33-27-16)13-25(31)28-15-20(29)12-22(28)23(30)9-5-17-3-6-18(7-4-17)19-8-10-24(32-2)26-14-19;1-15-9-19(35-26-15)11-23(32)29-12-18(30)10-21(29)22(31)8-5-16-3-6-17(7-4-16)20-13-28(27-25-20)14-24(33)34-2;1-11-6-14(26-21-11)8-18(25)22-10-13(23)7-15(22)16(24)4-2-12-3-5-17(19)20-9-12/h3-4,6-8,10-11,14,20,22,29H,5,9,12-13,15H2,1-2H3;3-4,6-7,9,13,18,21,30H,5,8,10-12,14H2,1-2H3;3,5-6,9,13,15,23H,2,4,7-8,10H2,1H3/t20-,22+;18-,21+;13-,15+/m111/s1. The number of hydrogen-bond acceptors (Lipinski definition) is 22. The van der Waals surface area contributed by atoms with Crippen molar-refractivity contribution in [2.45, 2.75) is 141 Å². The van der Waals surface area contributed by atoms with Crippen molar-refractivity contribution >= 4 is 52.6 Å².